The highest BCUT2D eigenvalue weighted by atomic mass is 32.1. The molecule has 6 fully saturated rings. The van der Waals surface area contributed by atoms with Crippen LogP contribution >= 0.6 is 11.3 Å². The van der Waals surface area contributed by atoms with Crippen LogP contribution in [0.3, 0.4) is 0 Å². The lowest BCUT2D eigenvalue weighted by Crippen LogP contribution is -2.59. The molecule has 8 atom stereocenters. The predicted octanol–water partition coefficient (Wildman–Crippen LogP) is 17.9. The summed E-state index contributed by atoms with van der Waals surface area (Å²) < 4.78 is 179. The van der Waals surface area contributed by atoms with Gasteiger partial charge in [-0.3, -0.25) is 28.8 Å². The van der Waals surface area contributed by atoms with Gasteiger partial charge in [0, 0.05) is 12.3 Å². The van der Waals surface area contributed by atoms with Crippen LogP contribution in [0.15, 0.2) is 109 Å². The van der Waals surface area contributed by atoms with Crippen LogP contribution in [0.2, 0.25) is 0 Å². The molecule has 6 heterocycles. The van der Waals surface area contributed by atoms with E-state index in [0.717, 1.165) is 36.3 Å². The molecule has 0 N–H and O–H groups in total. The summed E-state index contributed by atoms with van der Waals surface area (Å²) in [6.45, 7) is 15.3. The fourth-order valence-corrected chi connectivity index (χ4v) is 16.5. The molecule has 8 unspecified atom stereocenters. The number of hydrogen-bond acceptors (Lipinski definition) is 17. The molecule has 3 aliphatic carbocycles. The van der Waals surface area contributed by atoms with Crippen LogP contribution in [0.4, 0.5) is 43.9 Å². The van der Waals surface area contributed by atoms with Gasteiger partial charge in [-0.25, -0.2) is 24.3 Å². The number of alkyl halides is 9. The number of nitrogens with zero attached hydrogens (tertiary/aromatic N) is 4. The Morgan fingerprint density at radius 2 is 0.923 bits per heavy atom. The van der Waals surface area contributed by atoms with Crippen LogP contribution in [-0.4, -0.2) is 88.2 Å². The van der Waals surface area contributed by atoms with Crippen molar-refractivity contribution < 1.29 is 101 Å². The molecule has 0 spiro atoms. The summed E-state index contributed by atoms with van der Waals surface area (Å²) in [5.41, 5.74) is -11.3. The van der Waals surface area contributed by atoms with Crippen molar-refractivity contribution in [3.63, 3.8) is 0 Å². The van der Waals surface area contributed by atoms with E-state index in [-0.39, 0.29) is 86.9 Å². The molecule has 544 valence electrons. The molecule has 3 aliphatic heterocycles. The van der Waals surface area contributed by atoms with E-state index < -0.39 is 162 Å². The van der Waals surface area contributed by atoms with E-state index in [1.54, 1.807) is 71.0 Å². The van der Waals surface area contributed by atoms with Crippen LogP contribution < -0.4 is 14.2 Å². The fraction of sp³-hybridized carbons (Fsp3) is 0.429. The highest BCUT2D eigenvalue weighted by Gasteiger charge is 2.62. The number of ketones is 6. The van der Waals surface area contributed by atoms with Gasteiger partial charge >= 0.3 is 18.5 Å². The first-order chi connectivity index (χ1) is 48.4. The largest absolute Gasteiger partial charge is 0.438 e. The first-order valence-corrected chi connectivity index (χ1v) is 34.6. The Hall–Kier alpha value is -8.92. The van der Waals surface area contributed by atoms with E-state index in [9.17, 15) is 58.3 Å². The smallest absolute Gasteiger partial charge is 0.421 e. The summed E-state index contributed by atoms with van der Waals surface area (Å²) >= 11 is 0.874. The summed E-state index contributed by atoms with van der Waals surface area (Å²) in [6.07, 6.45) is -11.8. The standard InChI is InChI=1S/C77H68F10N4O12S/c1-69(2)61(92)58(62(93)70(3,4)101-69)50-28-41(98-57-34-88-55-27-40(78)14-22-53(55)90-57)16-19-45(50)47-23-36(47)32-74(10)66(97)60(64(95)72(7,8)103-74)51-29-42(99-67-52(77(85,86)87)25-39(33-89-67)76(82,83)84)17-20-46(51)48-24-37(48)31-73(9)65(96)59(63(94)71(5,6)102-73)49-30-43(15-18-44(49)35-11-12-35)100-68-91-54-21-13-38(75(79,80)81)26-56(54)104-68/h13-22,25-30,33-37,47-48,58-60H,11-12,23-24,31-32H2,1-10H3. The quantitative estimate of drug-likeness (QED) is 0.0650. The van der Waals surface area contributed by atoms with Gasteiger partial charge in [-0.05, 0) is 244 Å². The zero-order valence-corrected chi connectivity index (χ0v) is 58.4. The maximum atomic E-state index is 15.9. The van der Waals surface area contributed by atoms with Gasteiger partial charge < -0.3 is 28.4 Å². The number of fused-ring (bicyclic) bond motifs is 2. The minimum atomic E-state index is -5.43. The lowest BCUT2D eigenvalue weighted by Gasteiger charge is -2.45. The van der Waals surface area contributed by atoms with Gasteiger partial charge in [0.2, 0.25) is 11.8 Å². The number of aromatic nitrogens is 4. The molecule has 0 bridgehead atoms. The van der Waals surface area contributed by atoms with Crippen LogP contribution in [0.1, 0.15) is 193 Å². The Morgan fingerprint density at radius 1 is 0.452 bits per heavy atom. The number of hydrogen-bond donors (Lipinski definition) is 0. The molecule has 6 aliphatic rings. The monoisotopic (exact) mass is 1460 g/mol. The second-order valence-corrected chi connectivity index (χ2v) is 31.4. The Balaban J connectivity index is 0.792. The van der Waals surface area contributed by atoms with E-state index in [2.05, 4.69) is 19.9 Å². The van der Waals surface area contributed by atoms with Crippen molar-refractivity contribution in [2.75, 3.05) is 0 Å². The molecule has 3 aromatic heterocycles. The number of Topliss-reactive ketones (excluding diaryl/α,β-unsaturated/α-hetero) is 6. The summed E-state index contributed by atoms with van der Waals surface area (Å²) in [7, 11) is 0. The summed E-state index contributed by atoms with van der Waals surface area (Å²) in [6, 6.07) is 20.5. The first kappa shape index (κ1) is 72.0. The van der Waals surface area contributed by atoms with Crippen molar-refractivity contribution in [2.24, 2.45) is 11.8 Å². The second-order valence-electron chi connectivity index (χ2n) is 30.4. The van der Waals surface area contributed by atoms with Crippen molar-refractivity contribution in [1.29, 1.82) is 0 Å². The zero-order valence-electron chi connectivity index (χ0n) is 57.6. The van der Waals surface area contributed by atoms with E-state index in [1.807, 2.05) is 0 Å². The number of rotatable bonds is 16. The van der Waals surface area contributed by atoms with E-state index >= 15 is 14.4 Å². The number of ether oxygens (including phenoxy) is 6. The van der Waals surface area contributed by atoms with Gasteiger partial charge in [0.25, 0.3) is 5.19 Å². The minimum Gasteiger partial charge on any atom is -0.438 e. The van der Waals surface area contributed by atoms with Crippen molar-refractivity contribution in [2.45, 2.75) is 195 Å². The summed E-state index contributed by atoms with van der Waals surface area (Å²) in [4.78, 5) is 107. The van der Waals surface area contributed by atoms with Gasteiger partial charge in [-0.15, -0.1) is 0 Å². The summed E-state index contributed by atoms with van der Waals surface area (Å²) in [5.74, 6) is -12.3. The SMILES string of the molecule is CC1(C)OC(C)(CC2CC2c2ccc(Oc3ncc(C(F)(F)F)cc3C(F)(F)F)cc2C2C(=O)C(C)(C)OC(C)(CC3CC3c3ccc(Oc4cnc5cc(F)ccc5n4)cc3C3C(=O)C(C)(C)OC(C)(C)C3=O)C2=O)C(=O)C(c2cc(Oc3nc4ccc(C(F)(F)F)cc4s3)ccc2C2CC2)C1=O. The van der Waals surface area contributed by atoms with Crippen LogP contribution in [0.5, 0.6) is 34.2 Å². The highest BCUT2D eigenvalue weighted by Crippen LogP contribution is 2.61. The van der Waals surface area contributed by atoms with Crippen LogP contribution in [0, 0.1) is 17.7 Å². The molecule has 104 heavy (non-hydrogen) atoms. The van der Waals surface area contributed by atoms with Gasteiger partial charge in [-0.2, -0.15) is 39.5 Å². The maximum Gasteiger partial charge on any atom is 0.421 e. The number of carbonyl (C=O) groups is 6. The minimum absolute atomic E-state index is 0.00377. The Labute approximate surface area is 592 Å². The molecule has 14 rings (SSSR count). The Kier molecular flexibility index (Phi) is 17.0. The third-order valence-corrected chi connectivity index (χ3v) is 21.7. The van der Waals surface area contributed by atoms with Crippen LogP contribution in [-0.2, 0) is 61.5 Å². The fourth-order valence-electron chi connectivity index (χ4n) is 15.7. The molecule has 0 amide bonds. The molecule has 8 aromatic rings. The first-order valence-electron chi connectivity index (χ1n) is 33.8. The Bertz CT molecular complexity index is 4940. The number of thiazole rings is 1. The van der Waals surface area contributed by atoms with E-state index in [0.29, 0.717) is 34.2 Å². The molecule has 3 saturated carbocycles. The molecule has 16 nitrogen and oxygen atoms in total. The van der Waals surface area contributed by atoms with Gasteiger partial charge in [-0.1, -0.05) is 29.5 Å². The average Bonchev–Trinajstić information content (AvgIpc) is 1.46. The number of carbonyl (C=O) groups excluding carboxylic acids is 6. The lowest BCUT2D eigenvalue weighted by atomic mass is 9.70. The van der Waals surface area contributed by atoms with E-state index in [4.69, 9.17) is 28.4 Å². The van der Waals surface area contributed by atoms with E-state index in [1.165, 1.54) is 83.3 Å². The van der Waals surface area contributed by atoms with Crippen molar-refractivity contribution >= 4 is 67.3 Å². The van der Waals surface area contributed by atoms with Gasteiger partial charge in [0.1, 0.15) is 80.0 Å². The predicted molar refractivity (Wildman–Crippen MR) is 355 cm³/mol. The molecule has 5 aromatic carbocycles. The maximum absolute atomic E-state index is 15.9. The molecular weight excluding hydrogens is 1390 g/mol. The lowest BCUT2D eigenvalue weighted by molar-refractivity contribution is -0.190. The van der Waals surface area contributed by atoms with Crippen molar-refractivity contribution in [3.8, 4) is 34.2 Å². The molecule has 27 heteroatoms. The van der Waals surface area contributed by atoms with Crippen molar-refractivity contribution in [3.05, 3.63) is 165 Å². The number of pyridine rings is 1. The molecular formula is C77H68F10N4O12S. The normalized spacial score (nSPS) is 26.1. The van der Waals surface area contributed by atoms with Crippen molar-refractivity contribution in [1.82, 2.24) is 19.9 Å². The average molecular weight is 1460 g/mol. The molecule has 0 radical (unpaired) electrons. The van der Waals surface area contributed by atoms with Gasteiger partial charge in [0.15, 0.2) is 34.7 Å². The second kappa shape index (κ2) is 24.6. The summed E-state index contributed by atoms with van der Waals surface area (Å²) in [5, 5.41) is 0.00377. The molecule has 3 saturated heterocycles. The topological polar surface area (TPSA) is 209 Å². The number of halogens is 10. The third-order valence-electron chi connectivity index (χ3n) is 20.8. The number of benzene rings is 5. The van der Waals surface area contributed by atoms with Crippen LogP contribution in [0.25, 0.3) is 21.3 Å². The highest BCUT2D eigenvalue weighted by molar-refractivity contribution is 7.20. The Morgan fingerprint density at radius 3 is 1.43 bits per heavy atom. The van der Waals surface area contributed by atoms with Gasteiger partial charge in [0.05, 0.1) is 38.6 Å². The third kappa shape index (κ3) is 13.4. The zero-order chi connectivity index (χ0) is 74.9.